The Kier molecular flexibility index (Phi) is 1.92. The summed E-state index contributed by atoms with van der Waals surface area (Å²) in [5, 5.41) is 7.69. The lowest BCUT2D eigenvalue weighted by atomic mass is 9.95. The molecule has 4 aromatic rings. The highest BCUT2D eigenvalue weighted by atomic mass is 14.1. The van der Waals surface area contributed by atoms with Gasteiger partial charge in [-0.25, -0.2) is 0 Å². The van der Waals surface area contributed by atoms with Gasteiger partial charge in [0.1, 0.15) is 0 Å². The summed E-state index contributed by atoms with van der Waals surface area (Å²) in [5.74, 6) is 0. The van der Waals surface area contributed by atoms with E-state index in [1.165, 1.54) is 32.3 Å². The standard InChI is InChI=1S/C18H10/c1-2-8-14-13(7-1)15-9-3-4-11-17(15)18-12-6-5-10-16(14)18/h1-4,7-12H. The van der Waals surface area contributed by atoms with Crippen LogP contribution in [0.15, 0.2) is 60.7 Å². The molecule has 0 heteroatoms. The van der Waals surface area contributed by atoms with Crippen LogP contribution in [0.3, 0.4) is 0 Å². The van der Waals surface area contributed by atoms with Gasteiger partial charge < -0.3 is 0 Å². The van der Waals surface area contributed by atoms with Gasteiger partial charge in [0, 0.05) is 0 Å². The number of rotatable bonds is 0. The van der Waals surface area contributed by atoms with Gasteiger partial charge in [0.25, 0.3) is 0 Å². The molecular weight excluding hydrogens is 216 g/mol. The van der Waals surface area contributed by atoms with Gasteiger partial charge in [-0.15, -0.1) is 0 Å². The van der Waals surface area contributed by atoms with Crippen LogP contribution in [-0.2, 0) is 0 Å². The maximum absolute atomic E-state index is 3.07. The fourth-order valence-corrected chi connectivity index (χ4v) is 2.73. The molecule has 0 aromatic heterocycles. The maximum Gasteiger partial charge on any atom is -0.00921 e. The molecule has 0 heterocycles. The van der Waals surface area contributed by atoms with E-state index < -0.39 is 0 Å². The van der Waals surface area contributed by atoms with Crippen LogP contribution in [0.2, 0.25) is 0 Å². The first-order chi connectivity index (χ1) is 8.95. The molecule has 0 aliphatic rings. The van der Waals surface area contributed by atoms with Crippen molar-refractivity contribution in [2.75, 3.05) is 0 Å². The lowest BCUT2D eigenvalue weighted by molar-refractivity contribution is 1.75. The largest absolute Gasteiger partial charge is 0.0616 e. The summed E-state index contributed by atoms with van der Waals surface area (Å²) in [5.41, 5.74) is 0. The molecule has 82 valence electrons. The van der Waals surface area contributed by atoms with Crippen molar-refractivity contribution in [2.24, 2.45) is 0 Å². The molecule has 0 saturated heterocycles. The van der Waals surface area contributed by atoms with E-state index in [0.29, 0.717) is 0 Å². The minimum absolute atomic E-state index is 1.25. The van der Waals surface area contributed by atoms with Crippen LogP contribution in [0.25, 0.3) is 32.3 Å². The van der Waals surface area contributed by atoms with Crippen molar-refractivity contribution in [2.45, 2.75) is 0 Å². The Morgan fingerprint density at radius 3 is 1.17 bits per heavy atom. The van der Waals surface area contributed by atoms with Crippen molar-refractivity contribution < 1.29 is 0 Å². The first-order valence-electron chi connectivity index (χ1n) is 6.06. The molecule has 18 heavy (non-hydrogen) atoms. The summed E-state index contributed by atoms with van der Waals surface area (Å²) in [4.78, 5) is 0. The Bertz CT molecular complexity index is 652. The monoisotopic (exact) mass is 226 g/mol. The molecule has 0 saturated carbocycles. The highest BCUT2D eigenvalue weighted by molar-refractivity contribution is 6.25. The van der Waals surface area contributed by atoms with Gasteiger partial charge in [-0.05, 0) is 56.6 Å². The first-order valence-corrected chi connectivity index (χ1v) is 6.06. The van der Waals surface area contributed by atoms with E-state index in [9.17, 15) is 0 Å². The third kappa shape index (κ3) is 1.20. The second-order valence-electron chi connectivity index (χ2n) is 4.50. The summed E-state index contributed by atoms with van der Waals surface area (Å²) < 4.78 is 0. The van der Waals surface area contributed by atoms with E-state index >= 15 is 0 Å². The highest BCUT2D eigenvalue weighted by Crippen LogP contribution is 2.34. The second-order valence-corrected chi connectivity index (χ2v) is 4.50. The minimum Gasteiger partial charge on any atom is -0.0616 e. The van der Waals surface area contributed by atoms with E-state index in [1.807, 2.05) is 12.1 Å². The summed E-state index contributed by atoms with van der Waals surface area (Å²) in [7, 11) is 0. The Labute approximate surface area is 105 Å². The van der Waals surface area contributed by atoms with Crippen LogP contribution in [0.5, 0.6) is 0 Å². The molecule has 0 fully saturated rings. The highest BCUT2D eigenvalue weighted by Gasteiger charge is 2.06. The van der Waals surface area contributed by atoms with Crippen molar-refractivity contribution >= 4 is 32.3 Å². The minimum atomic E-state index is 1.25. The van der Waals surface area contributed by atoms with Gasteiger partial charge in [0.15, 0.2) is 0 Å². The van der Waals surface area contributed by atoms with Gasteiger partial charge >= 0.3 is 0 Å². The van der Waals surface area contributed by atoms with Gasteiger partial charge in [-0.2, -0.15) is 0 Å². The molecule has 2 radical (unpaired) electrons. The first kappa shape index (κ1) is 9.67. The smallest absolute Gasteiger partial charge is 0.00921 e. The van der Waals surface area contributed by atoms with Gasteiger partial charge in [-0.1, -0.05) is 48.5 Å². The molecule has 0 unspecified atom stereocenters. The Morgan fingerprint density at radius 2 is 0.778 bits per heavy atom. The molecule has 0 spiro atoms. The molecule has 0 bridgehead atoms. The number of hydrogen-bond acceptors (Lipinski definition) is 0. The quantitative estimate of drug-likeness (QED) is 0.380. The summed E-state index contributed by atoms with van der Waals surface area (Å²) >= 11 is 0. The normalized spacial score (nSPS) is 11.3. The van der Waals surface area contributed by atoms with E-state index in [2.05, 4.69) is 60.7 Å². The zero-order valence-corrected chi connectivity index (χ0v) is 9.77. The lowest BCUT2D eigenvalue weighted by Gasteiger charge is -2.09. The zero-order chi connectivity index (χ0) is 11.9. The van der Waals surface area contributed by atoms with Crippen LogP contribution in [0, 0.1) is 12.1 Å². The molecule has 4 rings (SSSR count). The molecule has 0 aliphatic heterocycles. The predicted octanol–water partition coefficient (Wildman–Crippen LogP) is 4.75. The zero-order valence-electron chi connectivity index (χ0n) is 9.77. The summed E-state index contributed by atoms with van der Waals surface area (Å²) in [6, 6.07) is 27.3. The van der Waals surface area contributed by atoms with E-state index in [-0.39, 0.29) is 0 Å². The second kappa shape index (κ2) is 3.58. The van der Waals surface area contributed by atoms with Crippen molar-refractivity contribution in [3.63, 3.8) is 0 Å². The van der Waals surface area contributed by atoms with E-state index in [0.717, 1.165) is 0 Å². The Morgan fingerprint density at radius 1 is 0.444 bits per heavy atom. The molecule has 0 atom stereocenters. The molecule has 0 aliphatic carbocycles. The van der Waals surface area contributed by atoms with Gasteiger partial charge in [0.05, 0.1) is 0 Å². The van der Waals surface area contributed by atoms with Crippen LogP contribution >= 0.6 is 0 Å². The maximum atomic E-state index is 3.07. The number of fused-ring (bicyclic) bond motifs is 6. The van der Waals surface area contributed by atoms with Crippen molar-refractivity contribution in [3.05, 3.63) is 72.8 Å². The Balaban J connectivity index is 2.46. The van der Waals surface area contributed by atoms with E-state index in [4.69, 9.17) is 0 Å². The van der Waals surface area contributed by atoms with E-state index in [1.54, 1.807) is 0 Å². The van der Waals surface area contributed by atoms with Crippen LogP contribution in [0.4, 0.5) is 0 Å². The average molecular weight is 226 g/mol. The SMILES string of the molecule is [c]1[c]cc2c(c1)c1ccccc1c1ccccc21. The molecule has 0 nitrogen and oxygen atoms in total. The van der Waals surface area contributed by atoms with Crippen LogP contribution in [-0.4, -0.2) is 0 Å². The summed E-state index contributed by atoms with van der Waals surface area (Å²) in [6.07, 6.45) is 0. The fraction of sp³-hybridized carbons (Fsp3) is 0. The third-order valence-electron chi connectivity index (χ3n) is 3.53. The topological polar surface area (TPSA) is 0 Å². The number of benzene rings is 4. The van der Waals surface area contributed by atoms with Crippen LogP contribution in [0.1, 0.15) is 0 Å². The molecule has 4 aromatic carbocycles. The number of hydrogen-bond donors (Lipinski definition) is 0. The van der Waals surface area contributed by atoms with Crippen molar-refractivity contribution in [1.82, 2.24) is 0 Å². The van der Waals surface area contributed by atoms with Crippen molar-refractivity contribution in [1.29, 1.82) is 0 Å². The van der Waals surface area contributed by atoms with Crippen LogP contribution < -0.4 is 0 Å². The van der Waals surface area contributed by atoms with Gasteiger partial charge in [0.2, 0.25) is 0 Å². The fourth-order valence-electron chi connectivity index (χ4n) is 2.73. The van der Waals surface area contributed by atoms with Gasteiger partial charge in [-0.3, -0.25) is 0 Å². The molecule has 0 amide bonds. The Hall–Kier alpha value is -2.34. The summed E-state index contributed by atoms with van der Waals surface area (Å²) in [6.45, 7) is 0. The average Bonchev–Trinajstić information content (AvgIpc) is 2.48. The predicted molar refractivity (Wildman–Crippen MR) is 76.6 cm³/mol. The van der Waals surface area contributed by atoms with Crippen molar-refractivity contribution in [3.8, 4) is 0 Å². The third-order valence-corrected chi connectivity index (χ3v) is 3.53. The lowest BCUT2D eigenvalue weighted by Crippen LogP contribution is -1.82. The molecule has 0 N–H and O–H groups in total. The molecular formula is C18H10.